The van der Waals surface area contributed by atoms with Gasteiger partial charge in [-0.3, -0.25) is 9.69 Å². The van der Waals surface area contributed by atoms with Crippen LogP contribution in [0.2, 0.25) is 5.02 Å². The van der Waals surface area contributed by atoms with Crippen molar-refractivity contribution in [2.24, 2.45) is 0 Å². The number of ether oxygens (including phenoxy) is 1. The fourth-order valence-electron chi connectivity index (χ4n) is 3.87. The smallest absolute Gasteiger partial charge is 0.327 e. The number of aryl methyl sites for hydroxylation is 1. The second kappa shape index (κ2) is 11.1. The van der Waals surface area contributed by atoms with Gasteiger partial charge in [-0.05, 0) is 42.8 Å². The Morgan fingerprint density at radius 3 is 2.27 bits per heavy atom. The summed E-state index contributed by atoms with van der Waals surface area (Å²) in [7, 11) is -0.759. The van der Waals surface area contributed by atoms with E-state index >= 15 is 0 Å². The second-order valence-corrected chi connectivity index (χ2v) is 10.0. The molecule has 3 rings (SSSR count). The van der Waals surface area contributed by atoms with Crippen LogP contribution in [0.15, 0.2) is 53.4 Å². The maximum absolute atomic E-state index is 12.7. The molecule has 1 aliphatic rings. The van der Waals surface area contributed by atoms with E-state index in [9.17, 15) is 18.0 Å². The number of nitrogens with zero attached hydrogens (tertiary/aromatic N) is 2. The summed E-state index contributed by atoms with van der Waals surface area (Å²) in [6.45, 7) is 2.03. The van der Waals surface area contributed by atoms with Crippen LogP contribution in [0.3, 0.4) is 0 Å². The maximum Gasteiger partial charge on any atom is 0.327 e. The van der Waals surface area contributed by atoms with E-state index in [1.165, 1.54) is 26.3 Å². The Labute approximate surface area is 199 Å². The number of piperazine rings is 1. The first-order chi connectivity index (χ1) is 15.8. The molecule has 0 aromatic heterocycles. The summed E-state index contributed by atoms with van der Waals surface area (Å²) in [4.78, 5) is 29.2. The van der Waals surface area contributed by atoms with Gasteiger partial charge in [0.1, 0.15) is 6.04 Å². The molecule has 1 amide bonds. The number of rotatable bonds is 8. The lowest BCUT2D eigenvalue weighted by Crippen LogP contribution is -2.51. The first-order valence-corrected chi connectivity index (χ1v) is 12.5. The van der Waals surface area contributed by atoms with E-state index < -0.39 is 16.1 Å². The lowest BCUT2D eigenvalue weighted by molar-refractivity contribution is -0.148. The number of methoxy groups -OCH3 is 1. The van der Waals surface area contributed by atoms with Crippen LogP contribution in [0.4, 0.5) is 0 Å². The van der Waals surface area contributed by atoms with E-state index in [1.807, 2.05) is 23.1 Å². The Bertz CT molecular complexity index is 1080. The predicted octanol–water partition coefficient (Wildman–Crippen LogP) is 2.24. The number of benzene rings is 2. The standard InChI is InChI=1S/C23H28ClN3O5S/c1-25-33(30,31)18-10-7-17(8-11-18)9-12-21(28)26-13-15-27(16-14-26)22(23(29)32-2)19-5-3-4-6-20(19)24/h3-8,10-11,22,25H,9,12-16H2,1-2H3. The molecule has 2 aromatic carbocycles. The minimum atomic E-state index is -3.48. The van der Waals surface area contributed by atoms with Crippen LogP contribution < -0.4 is 4.72 Å². The quantitative estimate of drug-likeness (QED) is 0.566. The van der Waals surface area contributed by atoms with Gasteiger partial charge in [-0.2, -0.15) is 0 Å². The minimum absolute atomic E-state index is 0.0222. The molecule has 1 aliphatic heterocycles. The molecule has 1 heterocycles. The molecule has 0 bridgehead atoms. The lowest BCUT2D eigenvalue weighted by atomic mass is 10.0. The van der Waals surface area contributed by atoms with Crippen molar-refractivity contribution in [1.82, 2.24) is 14.5 Å². The average molecular weight is 494 g/mol. The molecule has 178 valence electrons. The minimum Gasteiger partial charge on any atom is -0.468 e. The summed E-state index contributed by atoms with van der Waals surface area (Å²) < 4.78 is 30.9. The highest BCUT2D eigenvalue weighted by Crippen LogP contribution is 2.29. The molecule has 10 heteroatoms. The molecular formula is C23H28ClN3O5S. The Morgan fingerprint density at radius 2 is 1.70 bits per heavy atom. The first-order valence-electron chi connectivity index (χ1n) is 10.6. The number of esters is 1. The highest BCUT2D eigenvalue weighted by Gasteiger charge is 2.33. The van der Waals surface area contributed by atoms with Crippen molar-refractivity contribution in [2.75, 3.05) is 40.3 Å². The summed E-state index contributed by atoms with van der Waals surface area (Å²) >= 11 is 6.32. The second-order valence-electron chi connectivity index (χ2n) is 7.72. The maximum atomic E-state index is 12.7. The fraction of sp³-hybridized carbons (Fsp3) is 0.391. The highest BCUT2D eigenvalue weighted by atomic mass is 35.5. The number of nitrogens with one attached hydrogen (secondary N) is 1. The van der Waals surface area contributed by atoms with Gasteiger partial charge < -0.3 is 9.64 Å². The largest absolute Gasteiger partial charge is 0.468 e. The van der Waals surface area contributed by atoms with Crippen molar-refractivity contribution in [1.29, 1.82) is 0 Å². The first kappa shape index (κ1) is 25.2. The Kier molecular flexibility index (Phi) is 8.47. The Balaban J connectivity index is 1.57. The van der Waals surface area contributed by atoms with Gasteiger partial charge in [0.05, 0.1) is 12.0 Å². The summed E-state index contributed by atoms with van der Waals surface area (Å²) in [5.74, 6) is -0.361. The van der Waals surface area contributed by atoms with Gasteiger partial charge >= 0.3 is 5.97 Å². The number of hydrogen-bond donors (Lipinski definition) is 1. The van der Waals surface area contributed by atoms with Crippen LogP contribution >= 0.6 is 11.6 Å². The monoisotopic (exact) mass is 493 g/mol. The number of carbonyl (C=O) groups excluding carboxylic acids is 2. The van der Waals surface area contributed by atoms with Crippen LogP contribution in [0.5, 0.6) is 0 Å². The number of sulfonamides is 1. The molecule has 0 saturated carbocycles. The van der Waals surface area contributed by atoms with Crippen LogP contribution in [-0.4, -0.2) is 70.4 Å². The number of hydrogen-bond acceptors (Lipinski definition) is 6. The van der Waals surface area contributed by atoms with E-state index in [4.69, 9.17) is 16.3 Å². The lowest BCUT2D eigenvalue weighted by Gasteiger charge is -2.38. The molecule has 1 N–H and O–H groups in total. The SMILES string of the molecule is CNS(=O)(=O)c1ccc(CCC(=O)N2CCN(C(C(=O)OC)c3ccccc3Cl)CC2)cc1. The van der Waals surface area contributed by atoms with E-state index in [0.29, 0.717) is 49.6 Å². The molecule has 33 heavy (non-hydrogen) atoms. The number of halogens is 1. The third-order valence-corrected chi connectivity index (χ3v) is 7.56. The molecule has 0 spiro atoms. The summed E-state index contributed by atoms with van der Waals surface area (Å²) in [5, 5.41) is 0.500. The Hall–Kier alpha value is -2.46. The molecule has 0 radical (unpaired) electrons. The van der Waals surface area contributed by atoms with Gasteiger partial charge in [0.15, 0.2) is 0 Å². The molecule has 8 nitrogen and oxygen atoms in total. The van der Waals surface area contributed by atoms with Crippen molar-refractivity contribution in [3.63, 3.8) is 0 Å². The zero-order valence-electron chi connectivity index (χ0n) is 18.7. The van der Waals surface area contributed by atoms with Crippen LogP contribution in [-0.2, 0) is 30.8 Å². The Morgan fingerprint density at radius 1 is 1.06 bits per heavy atom. The van der Waals surface area contributed by atoms with Crippen molar-refractivity contribution in [3.05, 3.63) is 64.7 Å². The molecule has 1 unspecified atom stereocenters. The third kappa shape index (κ3) is 6.11. The fourth-order valence-corrected chi connectivity index (χ4v) is 4.84. The molecule has 1 fully saturated rings. The number of amides is 1. The molecule has 2 aromatic rings. The van der Waals surface area contributed by atoms with Gasteiger partial charge in [0.25, 0.3) is 0 Å². The zero-order valence-corrected chi connectivity index (χ0v) is 20.2. The van der Waals surface area contributed by atoms with Crippen molar-refractivity contribution >= 4 is 33.5 Å². The van der Waals surface area contributed by atoms with Gasteiger partial charge in [-0.25, -0.2) is 17.9 Å². The highest BCUT2D eigenvalue weighted by molar-refractivity contribution is 7.89. The predicted molar refractivity (Wildman–Crippen MR) is 125 cm³/mol. The van der Waals surface area contributed by atoms with Gasteiger partial charge in [-0.1, -0.05) is 41.9 Å². The van der Waals surface area contributed by atoms with Crippen molar-refractivity contribution < 1.29 is 22.7 Å². The van der Waals surface area contributed by atoms with E-state index in [1.54, 1.807) is 23.1 Å². The topological polar surface area (TPSA) is 96.0 Å². The van der Waals surface area contributed by atoms with Crippen LogP contribution in [0.25, 0.3) is 0 Å². The molecule has 1 atom stereocenters. The van der Waals surface area contributed by atoms with Crippen LogP contribution in [0, 0.1) is 0 Å². The molecular weight excluding hydrogens is 466 g/mol. The van der Waals surface area contributed by atoms with Gasteiger partial charge in [-0.15, -0.1) is 0 Å². The summed E-state index contributed by atoms with van der Waals surface area (Å²) in [6, 6.07) is 13.1. The van der Waals surface area contributed by atoms with Gasteiger partial charge in [0, 0.05) is 37.6 Å². The van der Waals surface area contributed by atoms with Crippen molar-refractivity contribution in [2.45, 2.75) is 23.8 Å². The molecule has 1 saturated heterocycles. The van der Waals surface area contributed by atoms with Gasteiger partial charge in [0.2, 0.25) is 15.9 Å². The summed E-state index contributed by atoms with van der Waals surface area (Å²) in [6.07, 6.45) is 0.840. The van der Waals surface area contributed by atoms with E-state index in [2.05, 4.69) is 4.72 Å². The third-order valence-electron chi connectivity index (χ3n) is 5.79. The summed E-state index contributed by atoms with van der Waals surface area (Å²) in [5.41, 5.74) is 1.58. The zero-order chi connectivity index (χ0) is 24.0. The van der Waals surface area contributed by atoms with E-state index in [-0.39, 0.29) is 16.8 Å². The average Bonchev–Trinajstić information content (AvgIpc) is 2.84. The van der Waals surface area contributed by atoms with E-state index in [0.717, 1.165) is 5.56 Å². The van der Waals surface area contributed by atoms with Crippen LogP contribution in [0.1, 0.15) is 23.6 Å². The van der Waals surface area contributed by atoms with Crippen molar-refractivity contribution in [3.8, 4) is 0 Å². The number of carbonyl (C=O) groups is 2. The normalized spacial score (nSPS) is 15.8. The molecule has 0 aliphatic carbocycles.